The van der Waals surface area contributed by atoms with Gasteiger partial charge in [-0.2, -0.15) is 5.10 Å². The van der Waals surface area contributed by atoms with E-state index in [-0.39, 0.29) is 11.7 Å². The van der Waals surface area contributed by atoms with Crippen molar-refractivity contribution < 1.29 is 9.50 Å². The third-order valence-corrected chi connectivity index (χ3v) is 4.66. The van der Waals surface area contributed by atoms with Crippen LogP contribution in [0, 0.1) is 11.7 Å². The number of rotatable bonds is 5. The van der Waals surface area contributed by atoms with Crippen molar-refractivity contribution in [2.45, 2.75) is 45.3 Å². The molecule has 1 fully saturated rings. The quantitative estimate of drug-likeness (QED) is 0.885. The van der Waals surface area contributed by atoms with Crippen LogP contribution in [0.4, 0.5) is 4.39 Å². The zero-order valence-electron chi connectivity index (χ0n) is 14.4. The predicted molar refractivity (Wildman–Crippen MR) is 92.2 cm³/mol. The largest absolute Gasteiger partial charge is 0.391 e. The Balaban J connectivity index is 1.57. The first-order valence-electron chi connectivity index (χ1n) is 8.70. The number of likely N-dealkylation sites (tertiary alicyclic amines) is 1. The van der Waals surface area contributed by atoms with Crippen LogP contribution in [0.2, 0.25) is 0 Å². The first-order chi connectivity index (χ1) is 11.5. The normalized spacial score (nSPS) is 22.2. The van der Waals surface area contributed by atoms with E-state index in [2.05, 4.69) is 35.0 Å². The Bertz CT molecular complexity index is 653. The average Bonchev–Trinajstić information content (AvgIpc) is 2.95. The summed E-state index contributed by atoms with van der Waals surface area (Å²) in [6, 6.07) is 8.63. The number of hydrogen-bond acceptors (Lipinski definition) is 3. The molecule has 1 aliphatic heterocycles. The number of piperidine rings is 1. The Hall–Kier alpha value is -1.72. The maximum absolute atomic E-state index is 13.1. The van der Waals surface area contributed by atoms with Gasteiger partial charge >= 0.3 is 0 Å². The molecular weight excluding hydrogens is 305 g/mol. The lowest BCUT2D eigenvalue weighted by atomic mass is 9.87. The molecule has 0 aliphatic carbocycles. The van der Waals surface area contributed by atoms with Crippen LogP contribution in [-0.2, 0) is 13.0 Å². The van der Waals surface area contributed by atoms with Gasteiger partial charge in [-0.05, 0) is 49.1 Å². The van der Waals surface area contributed by atoms with Gasteiger partial charge < -0.3 is 5.11 Å². The molecule has 130 valence electrons. The molecular formula is C19H26FN3O. The Morgan fingerprint density at radius 2 is 2.08 bits per heavy atom. The molecule has 5 heteroatoms. The monoisotopic (exact) mass is 331 g/mol. The van der Waals surface area contributed by atoms with Gasteiger partial charge in [-0.15, -0.1) is 0 Å². The van der Waals surface area contributed by atoms with Crippen LogP contribution in [0.25, 0.3) is 0 Å². The summed E-state index contributed by atoms with van der Waals surface area (Å²) in [6.45, 7) is 6.69. The molecule has 0 saturated carbocycles. The molecule has 1 aromatic heterocycles. The Morgan fingerprint density at radius 1 is 1.33 bits per heavy atom. The van der Waals surface area contributed by atoms with E-state index in [0.717, 1.165) is 42.9 Å². The van der Waals surface area contributed by atoms with Gasteiger partial charge in [0.2, 0.25) is 0 Å². The van der Waals surface area contributed by atoms with E-state index in [1.165, 1.54) is 12.1 Å². The number of H-pyrrole nitrogens is 1. The second-order valence-corrected chi connectivity index (χ2v) is 7.23. The molecule has 0 unspecified atom stereocenters. The summed E-state index contributed by atoms with van der Waals surface area (Å²) in [7, 11) is 0. The zero-order chi connectivity index (χ0) is 17.1. The van der Waals surface area contributed by atoms with Crippen LogP contribution >= 0.6 is 0 Å². The molecule has 3 rings (SSSR count). The number of nitrogens with one attached hydrogen (secondary N) is 1. The predicted octanol–water partition coefficient (Wildman–Crippen LogP) is 3.10. The summed E-state index contributed by atoms with van der Waals surface area (Å²) in [5.74, 6) is 0.441. The second-order valence-electron chi connectivity index (χ2n) is 7.23. The van der Waals surface area contributed by atoms with Gasteiger partial charge in [0.15, 0.2) is 0 Å². The number of hydrogen-bond donors (Lipinski definition) is 2. The van der Waals surface area contributed by atoms with Crippen molar-refractivity contribution in [2.75, 3.05) is 13.1 Å². The Morgan fingerprint density at radius 3 is 2.75 bits per heavy atom. The molecule has 0 spiro atoms. The van der Waals surface area contributed by atoms with E-state index in [1.54, 1.807) is 12.1 Å². The van der Waals surface area contributed by atoms with Crippen LogP contribution in [0.1, 0.15) is 43.1 Å². The van der Waals surface area contributed by atoms with E-state index in [4.69, 9.17) is 0 Å². The van der Waals surface area contributed by atoms with Gasteiger partial charge in [0.05, 0.1) is 11.8 Å². The minimum Gasteiger partial charge on any atom is -0.391 e. The van der Waals surface area contributed by atoms with Crippen molar-refractivity contribution in [1.82, 2.24) is 15.1 Å². The number of nitrogens with zero attached hydrogens (tertiary/aromatic N) is 2. The number of aliphatic hydroxyl groups excluding tert-OH is 1. The highest BCUT2D eigenvalue weighted by atomic mass is 19.1. The number of aliphatic hydroxyl groups is 1. The SMILES string of the molecule is CC(C)Cc1cc(CN2CC[C@@H](c3ccc(F)cc3)[C@H](O)C2)[nH]n1. The van der Waals surface area contributed by atoms with Crippen LogP contribution < -0.4 is 0 Å². The van der Waals surface area contributed by atoms with Gasteiger partial charge in [-0.3, -0.25) is 10.00 Å². The van der Waals surface area contributed by atoms with E-state index >= 15 is 0 Å². The summed E-state index contributed by atoms with van der Waals surface area (Å²) in [6.07, 6.45) is 1.42. The van der Waals surface area contributed by atoms with E-state index < -0.39 is 6.10 Å². The average molecular weight is 331 g/mol. The van der Waals surface area contributed by atoms with E-state index in [9.17, 15) is 9.50 Å². The van der Waals surface area contributed by atoms with E-state index in [1.807, 2.05) is 0 Å². The summed E-state index contributed by atoms with van der Waals surface area (Å²) in [4.78, 5) is 2.25. The van der Waals surface area contributed by atoms with Gasteiger partial charge in [0.1, 0.15) is 5.82 Å². The topological polar surface area (TPSA) is 52.1 Å². The molecule has 2 heterocycles. The summed E-state index contributed by atoms with van der Waals surface area (Å²) in [5, 5.41) is 18.0. The molecule has 4 nitrogen and oxygen atoms in total. The number of benzene rings is 1. The third kappa shape index (κ3) is 4.22. The molecule has 24 heavy (non-hydrogen) atoms. The molecule has 2 N–H and O–H groups in total. The fourth-order valence-electron chi connectivity index (χ4n) is 3.49. The molecule has 2 aromatic rings. The third-order valence-electron chi connectivity index (χ3n) is 4.66. The minimum absolute atomic E-state index is 0.0834. The summed E-state index contributed by atoms with van der Waals surface area (Å²) >= 11 is 0. The Kier molecular flexibility index (Phi) is 5.31. The maximum atomic E-state index is 13.1. The van der Waals surface area contributed by atoms with Crippen LogP contribution in [-0.4, -0.2) is 39.4 Å². The lowest BCUT2D eigenvalue weighted by molar-refractivity contribution is 0.0471. The first-order valence-corrected chi connectivity index (χ1v) is 8.70. The zero-order valence-corrected chi connectivity index (χ0v) is 14.4. The number of halogens is 1. The molecule has 2 atom stereocenters. The number of aromatic amines is 1. The molecule has 1 aromatic carbocycles. The van der Waals surface area contributed by atoms with Crippen LogP contribution in [0.5, 0.6) is 0 Å². The van der Waals surface area contributed by atoms with Gasteiger partial charge in [-0.1, -0.05) is 26.0 Å². The molecule has 1 saturated heterocycles. The molecule has 0 radical (unpaired) electrons. The fourth-order valence-corrected chi connectivity index (χ4v) is 3.49. The van der Waals surface area contributed by atoms with Crippen molar-refractivity contribution in [3.63, 3.8) is 0 Å². The number of β-amino-alcohol motifs (C(OH)–C–C–N with tert-alkyl or cyclic N) is 1. The van der Waals surface area contributed by atoms with Gasteiger partial charge in [-0.25, -0.2) is 4.39 Å². The first kappa shape index (κ1) is 17.1. The number of aromatic nitrogens is 2. The smallest absolute Gasteiger partial charge is 0.123 e. The van der Waals surface area contributed by atoms with Gasteiger partial charge in [0, 0.05) is 24.7 Å². The maximum Gasteiger partial charge on any atom is 0.123 e. The lowest BCUT2D eigenvalue weighted by Crippen LogP contribution is -2.42. The van der Waals surface area contributed by atoms with Crippen molar-refractivity contribution in [3.8, 4) is 0 Å². The van der Waals surface area contributed by atoms with Crippen molar-refractivity contribution in [2.24, 2.45) is 5.92 Å². The lowest BCUT2D eigenvalue weighted by Gasteiger charge is -2.36. The summed E-state index contributed by atoms with van der Waals surface area (Å²) < 4.78 is 13.1. The molecule has 1 aliphatic rings. The van der Waals surface area contributed by atoms with Gasteiger partial charge in [0.25, 0.3) is 0 Å². The van der Waals surface area contributed by atoms with Crippen molar-refractivity contribution >= 4 is 0 Å². The molecule has 0 bridgehead atoms. The highest BCUT2D eigenvalue weighted by Gasteiger charge is 2.29. The second kappa shape index (κ2) is 7.45. The van der Waals surface area contributed by atoms with Crippen LogP contribution in [0.15, 0.2) is 30.3 Å². The van der Waals surface area contributed by atoms with E-state index in [0.29, 0.717) is 12.5 Å². The highest BCUT2D eigenvalue weighted by Crippen LogP contribution is 2.29. The van der Waals surface area contributed by atoms with Crippen molar-refractivity contribution in [3.05, 3.63) is 53.1 Å². The molecule has 0 amide bonds. The van der Waals surface area contributed by atoms with Crippen LogP contribution in [0.3, 0.4) is 0 Å². The Labute approximate surface area is 142 Å². The van der Waals surface area contributed by atoms with Crippen molar-refractivity contribution in [1.29, 1.82) is 0 Å². The standard InChI is InChI=1S/C19H26FN3O/c1-13(2)9-16-10-17(22-21-16)11-23-8-7-18(19(24)12-23)14-3-5-15(20)6-4-14/h3-6,10,13,18-19,24H,7-9,11-12H2,1-2H3,(H,21,22)/t18-,19+/m0/s1. The highest BCUT2D eigenvalue weighted by molar-refractivity contribution is 5.22. The summed E-state index contributed by atoms with van der Waals surface area (Å²) in [5.41, 5.74) is 3.21. The minimum atomic E-state index is -0.428. The fraction of sp³-hybridized carbons (Fsp3) is 0.526.